The van der Waals surface area contributed by atoms with E-state index in [2.05, 4.69) is 6.07 Å². The fourth-order valence-corrected chi connectivity index (χ4v) is 6.66. The maximum absolute atomic E-state index is 9.09. The van der Waals surface area contributed by atoms with Gasteiger partial charge in [0.2, 0.25) is 0 Å². The van der Waals surface area contributed by atoms with Crippen molar-refractivity contribution in [2.45, 2.75) is 0 Å². The Morgan fingerprint density at radius 3 is 1.56 bits per heavy atom. The highest BCUT2D eigenvalue weighted by Gasteiger charge is 2.20. The van der Waals surface area contributed by atoms with Gasteiger partial charge in [-0.1, -0.05) is 133 Å². The normalized spacial score (nSPS) is 13.3. The molecule has 0 saturated heterocycles. The van der Waals surface area contributed by atoms with Crippen LogP contribution in [0.4, 0.5) is 0 Å². The maximum atomic E-state index is 9.09. The third-order valence-corrected chi connectivity index (χ3v) is 8.99. The van der Waals surface area contributed by atoms with E-state index < -0.39 is 0 Å². The number of furan rings is 1. The summed E-state index contributed by atoms with van der Waals surface area (Å²) in [6, 6.07) is 41.0. The van der Waals surface area contributed by atoms with Crippen molar-refractivity contribution in [3.05, 3.63) is 170 Å². The number of nitrogens with zero attached hydrogens (tertiary/aromatic N) is 4. The molecule has 10 aromatic rings. The zero-order chi connectivity index (χ0) is 38.2. The summed E-state index contributed by atoms with van der Waals surface area (Å²) in [5.41, 5.74) is 6.21. The molecule has 0 saturated carbocycles. The molecule has 0 N–H and O–H groups in total. The van der Waals surface area contributed by atoms with Gasteiger partial charge in [0.05, 0.1) is 24.9 Å². The third-order valence-electron chi connectivity index (χ3n) is 8.99. The highest BCUT2D eigenvalue weighted by Crippen LogP contribution is 2.41. The Morgan fingerprint density at radius 1 is 0.440 bits per heavy atom. The molecule has 0 aliphatic carbocycles. The quantitative estimate of drug-likeness (QED) is 0.187. The number of para-hydroxylation sites is 2. The fraction of sp³-hybridized carbons (Fsp3) is 0. The van der Waals surface area contributed by atoms with Crippen molar-refractivity contribution >= 4 is 43.7 Å². The number of aromatic nitrogens is 4. The van der Waals surface area contributed by atoms with E-state index in [0.717, 1.165) is 33.0 Å². The molecule has 0 aliphatic rings. The molecule has 0 unspecified atom stereocenters. The molecule has 5 nitrogen and oxygen atoms in total. The smallest absolute Gasteiger partial charge is 0.164 e. The van der Waals surface area contributed by atoms with Crippen molar-refractivity contribution in [2.24, 2.45) is 0 Å². The standard InChI is InChI=1S/C45H28N4O/c1-4-14-29(15-5-1)33-26-37-36-25-24-32(45-47-43(30-16-6-2-7-17-30)46-44(48-45)31-18-8-3-9-19-31)28-41(36)50-42(37)40(27-33)49-38-22-12-10-20-34(38)35-21-11-13-23-39(35)49/h1-28H/i10D,11D,20D,21D,22D,23D. The van der Waals surface area contributed by atoms with Gasteiger partial charge in [-0.2, -0.15) is 0 Å². The highest BCUT2D eigenvalue weighted by atomic mass is 16.3. The molecule has 3 aromatic heterocycles. The molecule has 0 amide bonds. The molecular weight excluding hydrogens is 613 g/mol. The topological polar surface area (TPSA) is 56.7 Å². The zero-order valence-corrected chi connectivity index (χ0v) is 26.4. The predicted molar refractivity (Wildman–Crippen MR) is 203 cm³/mol. The van der Waals surface area contributed by atoms with E-state index in [1.165, 1.54) is 12.1 Å². The van der Waals surface area contributed by atoms with E-state index in [9.17, 15) is 0 Å². The van der Waals surface area contributed by atoms with Gasteiger partial charge in [0, 0.05) is 38.2 Å². The molecule has 3 heterocycles. The Bertz CT molecular complexity index is 3070. The van der Waals surface area contributed by atoms with Crippen LogP contribution in [0.25, 0.3) is 94.7 Å². The summed E-state index contributed by atoms with van der Waals surface area (Å²) in [4.78, 5) is 14.7. The summed E-state index contributed by atoms with van der Waals surface area (Å²) in [6.07, 6.45) is 0. The minimum Gasteiger partial charge on any atom is -0.454 e. The fourth-order valence-electron chi connectivity index (χ4n) is 6.66. The summed E-state index contributed by atoms with van der Waals surface area (Å²) in [6.45, 7) is 0. The number of hydrogen-bond donors (Lipinski definition) is 0. The van der Waals surface area contributed by atoms with Gasteiger partial charge in [0.15, 0.2) is 23.1 Å². The Balaban J connectivity index is 1.28. The predicted octanol–water partition coefficient (Wildman–Crippen LogP) is 11.5. The lowest BCUT2D eigenvalue weighted by Gasteiger charge is -2.11. The van der Waals surface area contributed by atoms with Crippen LogP contribution in [0.1, 0.15) is 8.22 Å². The Morgan fingerprint density at radius 2 is 0.980 bits per heavy atom. The first-order valence-corrected chi connectivity index (χ1v) is 16.2. The van der Waals surface area contributed by atoms with Crippen LogP contribution in [0.2, 0.25) is 0 Å². The minimum atomic E-state index is -0.176. The number of rotatable bonds is 5. The SMILES string of the molecule is [2H]c1cc([2H])c2c(c1[2H])c1c([2H])c([2H])cc([2H])c1n2-c1cc(-c2ccccc2)cc2c1oc1cc(-c3nc(-c4ccccc4)nc(-c4ccccc4)n3)ccc12. The van der Waals surface area contributed by atoms with Crippen molar-refractivity contribution in [3.8, 4) is 51.0 Å². The van der Waals surface area contributed by atoms with Gasteiger partial charge in [-0.15, -0.1) is 0 Å². The minimum absolute atomic E-state index is 0.0440. The lowest BCUT2D eigenvalue weighted by atomic mass is 10.0. The van der Waals surface area contributed by atoms with Crippen LogP contribution < -0.4 is 0 Å². The van der Waals surface area contributed by atoms with Gasteiger partial charge in [-0.3, -0.25) is 0 Å². The van der Waals surface area contributed by atoms with E-state index in [1.807, 2.05) is 115 Å². The summed E-state index contributed by atoms with van der Waals surface area (Å²) >= 11 is 0. The van der Waals surface area contributed by atoms with E-state index in [1.54, 1.807) is 4.57 Å². The molecular formula is C45H28N4O. The van der Waals surface area contributed by atoms with Crippen molar-refractivity contribution in [1.29, 1.82) is 0 Å². The molecule has 50 heavy (non-hydrogen) atoms. The van der Waals surface area contributed by atoms with Crippen LogP contribution in [0.5, 0.6) is 0 Å². The van der Waals surface area contributed by atoms with Gasteiger partial charge in [-0.05, 0) is 47.5 Å². The highest BCUT2D eigenvalue weighted by molar-refractivity contribution is 6.14. The van der Waals surface area contributed by atoms with E-state index in [4.69, 9.17) is 27.6 Å². The van der Waals surface area contributed by atoms with Crippen molar-refractivity contribution in [1.82, 2.24) is 19.5 Å². The van der Waals surface area contributed by atoms with Crippen molar-refractivity contribution in [3.63, 3.8) is 0 Å². The zero-order valence-electron chi connectivity index (χ0n) is 32.4. The lowest BCUT2D eigenvalue weighted by Crippen LogP contribution is -2.00. The van der Waals surface area contributed by atoms with Crippen molar-refractivity contribution < 1.29 is 12.6 Å². The molecule has 0 atom stereocenters. The van der Waals surface area contributed by atoms with Crippen LogP contribution in [-0.4, -0.2) is 19.5 Å². The van der Waals surface area contributed by atoms with E-state index >= 15 is 0 Å². The molecule has 0 fully saturated rings. The summed E-state index contributed by atoms with van der Waals surface area (Å²) in [5.74, 6) is 1.53. The first kappa shape index (κ1) is 22.7. The molecule has 234 valence electrons. The summed E-state index contributed by atoms with van der Waals surface area (Å²) in [7, 11) is 0. The molecule has 10 rings (SSSR count). The van der Waals surface area contributed by atoms with Crippen molar-refractivity contribution in [2.75, 3.05) is 0 Å². The Labute approximate surface area is 296 Å². The second-order valence-corrected chi connectivity index (χ2v) is 12.0. The van der Waals surface area contributed by atoms with Gasteiger partial charge in [0.1, 0.15) is 5.58 Å². The average Bonchev–Trinajstić information content (AvgIpc) is 3.80. The summed E-state index contributed by atoms with van der Waals surface area (Å²) < 4.78 is 61.5. The number of benzene rings is 7. The Hall–Kier alpha value is -6.85. The third kappa shape index (κ3) is 4.60. The van der Waals surface area contributed by atoms with Crippen LogP contribution in [0, 0.1) is 0 Å². The second-order valence-electron chi connectivity index (χ2n) is 12.0. The van der Waals surface area contributed by atoms with Gasteiger partial charge in [-0.25, -0.2) is 15.0 Å². The van der Waals surface area contributed by atoms with Crippen LogP contribution in [-0.2, 0) is 0 Å². The maximum Gasteiger partial charge on any atom is 0.164 e. The second kappa shape index (κ2) is 11.4. The van der Waals surface area contributed by atoms with E-state index in [0.29, 0.717) is 39.9 Å². The van der Waals surface area contributed by atoms with Crippen LogP contribution >= 0.6 is 0 Å². The van der Waals surface area contributed by atoms with Gasteiger partial charge >= 0.3 is 0 Å². The van der Waals surface area contributed by atoms with Crippen LogP contribution in [0.15, 0.2) is 174 Å². The molecule has 7 aromatic carbocycles. The molecule has 0 spiro atoms. The molecule has 0 bridgehead atoms. The number of hydrogen-bond acceptors (Lipinski definition) is 4. The van der Waals surface area contributed by atoms with Crippen LogP contribution in [0.3, 0.4) is 0 Å². The summed E-state index contributed by atoms with van der Waals surface area (Å²) in [5, 5.41) is 1.94. The molecule has 0 radical (unpaired) electrons. The Kier molecular flexibility index (Phi) is 5.17. The first-order chi connectivity index (χ1) is 27.2. The molecule has 0 aliphatic heterocycles. The van der Waals surface area contributed by atoms with Gasteiger partial charge in [0.25, 0.3) is 0 Å². The van der Waals surface area contributed by atoms with Gasteiger partial charge < -0.3 is 8.98 Å². The van der Waals surface area contributed by atoms with E-state index in [-0.39, 0.29) is 58.1 Å². The number of fused-ring (bicyclic) bond motifs is 6. The first-order valence-electron chi connectivity index (χ1n) is 19.2. The lowest BCUT2D eigenvalue weighted by molar-refractivity contribution is 0.666. The monoisotopic (exact) mass is 646 g/mol. The average molecular weight is 647 g/mol. The largest absolute Gasteiger partial charge is 0.454 e. The molecule has 5 heteroatoms.